The minimum absolute atomic E-state index is 0.0469. The number of anilines is 2. The molecule has 0 N–H and O–H groups in total. The number of nitrogens with zero attached hydrogens (tertiary/aromatic N) is 7. The quantitative estimate of drug-likeness (QED) is 0.246. The van der Waals surface area contributed by atoms with Gasteiger partial charge in [-0.15, -0.1) is 0 Å². The molecule has 0 bridgehead atoms. The Morgan fingerprint density at radius 1 is 1.24 bits per heavy atom. The lowest BCUT2D eigenvalue weighted by molar-refractivity contribution is -0.140. The molecule has 4 heterocycles. The molecule has 0 aliphatic carbocycles. The maximum atomic E-state index is 13.9. The highest BCUT2D eigenvalue weighted by molar-refractivity contribution is 6.36. The third-order valence-electron chi connectivity index (χ3n) is 9.10. The van der Waals surface area contributed by atoms with Crippen LogP contribution in [0.1, 0.15) is 18.2 Å². The van der Waals surface area contributed by atoms with E-state index in [4.69, 9.17) is 37.6 Å². The van der Waals surface area contributed by atoms with Crippen molar-refractivity contribution in [1.82, 2.24) is 19.8 Å². The fourth-order valence-electron chi connectivity index (χ4n) is 6.95. The van der Waals surface area contributed by atoms with Crippen molar-refractivity contribution in [2.45, 2.75) is 32.0 Å². The smallest absolute Gasteiger partial charge is 0.318 e. The van der Waals surface area contributed by atoms with Gasteiger partial charge in [0, 0.05) is 48.9 Å². The van der Waals surface area contributed by atoms with Crippen LogP contribution in [0.25, 0.3) is 15.6 Å². The average molecular weight is 648 g/mol. The van der Waals surface area contributed by atoms with Crippen LogP contribution in [0.15, 0.2) is 48.8 Å². The number of ether oxygens (including phenoxy) is 2. The number of fused-ring (bicyclic) bond motifs is 2. The largest absolute Gasteiger partial charge is 0.463 e. The van der Waals surface area contributed by atoms with E-state index in [-0.39, 0.29) is 30.6 Å². The molecule has 2 saturated heterocycles. The standard InChI is InChI=1S/C34H39ClFN7O3/c1-22-14-26-28(17-43(22)29-11-7-9-24-8-6-10-27(35)30(24)29)38-33(46-21-34(18-40(4)5)19-45-20-34)39-31(26)41-12-13-42(32(44)23(2)36)25(16-41)15-37-3/h6-11,22,25H,2,12-21H2,1,4-5H3/t22-,25-/m0/s1. The second-order valence-corrected chi connectivity index (χ2v) is 13.3. The van der Waals surface area contributed by atoms with Crippen molar-refractivity contribution in [2.24, 2.45) is 5.41 Å². The van der Waals surface area contributed by atoms with Gasteiger partial charge < -0.3 is 33.9 Å². The first-order valence-electron chi connectivity index (χ1n) is 15.5. The average Bonchev–Trinajstić information content (AvgIpc) is 3.01. The molecule has 3 aliphatic rings. The van der Waals surface area contributed by atoms with Crippen LogP contribution in [-0.2, 0) is 22.5 Å². The van der Waals surface area contributed by atoms with E-state index >= 15 is 0 Å². The molecule has 2 fully saturated rings. The Balaban J connectivity index is 1.37. The summed E-state index contributed by atoms with van der Waals surface area (Å²) in [5.41, 5.74) is 2.75. The van der Waals surface area contributed by atoms with E-state index in [1.807, 2.05) is 32.3 Å². The van der Waals surface area contributed by atoms with Gasteiger partial charge in [-0.3, -0.25) is 4.79 Å². The highest BCUT2D eigenvalue weighted by atomic mass is 35.5. The Kier molecular flexibility index (Phi) is 9.06. The number of rotatable bonds is 9. The van der Waals surface area contributed by atoms with Crippen molar-refractivity contribution in [3.8, 4) is 6.01 Å². The lowest BCUT2D eigenvalue weighted by Crippen LogP contribution is -2.57. The summed E-state index contributed by atoms with van der Waals surface area (Å²) in [4.78, 5) is 34.1. The van der Waals surface area contributed by atoms with Crippen molar-refractivity contribution < 1.29 is 18.7 Å². The highest BCUT2D eigenvalue weighted by Crippen LogP contribution is 2.39. The van der Waals surface area contributed by atoms with E-state index < -0.39 is 17.8 Å². The van der Waals surface area contributed by atoms with Crippen molar-refractivity contribution in [3.05, 3.63) is 76.5 Å². The number of carbonyl (C=O) groups is 1. The molecule has 242 valence electrons. The van der Waals surface area contributed by atoms with Crippen LogP contribution in [0, 0.1) is 12.0 Å². The first-order valence-corrected chi connectivity index (χ1v) is 15.9. The Labute approximate surface area is 274 Å². The molecule has 0 unspecified atom stereocenters. The molecule has 0 spiro atoms. The fourth-order valence-corrected chi connectivity index (χ4v) is 7.23. The monoisotopic (exact) mass is 647 g/mol. The SMILES string of the molecule is [C-]#[N+]C[C@H]1CN(c2nc(OCC3(CN(C)C)COC3)nc3c2C[C@H](C)N(c2cccc4cccc(Cl)c24)C3)CCN1C(=O)C(=C)F. The van der Waals surface area contributed by atoms with E-state index in [1.165, 1.54) is 4.90 Å². The normalized spacial score (nSPS) is 20.7. The lowest BCUT2D eigenvalue weighted by atomic mass is 9.86. The van der Waals surface area contributed by atoms with Gasteiger partial charge in [0.05, 0.1) is 35.9 Å². The zero-order valence-electron chi connectivity index (χ0n) is 26.5. The summed E-state index contributed by atoms with van der Waals surface area (Å²) in [7, 11) is 4.07. The van der Waals surface area contributed by atoms with Gasteiger partial charge >= 0.3 is 6.01 Å². The van der Waals surface area contributed by atoms with Crippen LogP contribution in [0.4, 0.5) is 15.9 Å². The number of piperazine rings is 1. The number of aromatic nitrogens is 2. The topological polar surface area (TPSA) is 78.6 Å². The number of halogens is 2. The Bertz CT molecular complexity index is 1690. The molecule has 0 saturated carbocycles. The molecule has 12 heteroatoms. The molecule has 10 nitrogen and oxygen atoms in total. The van der Waals surface area contributed by atoms with Gasteiger partial charge in [0.1, 0.15) is 18.5 Å². The summed E-state index contributed by atoms with van der Waals surface area (Å²) in [5.74, 6) is -1.06. The summed E-state index contributed by atoms with van der Waals surface area (Å²) in [6, 6.07) is 12.0. The first kappa shape index (κ1) is 32.0. The fraction of sp³-hybridized carbons (Fsp3) is 0.471. The Hall–Kier alpha value is -3.98. The molecular weight excluding hydrogens is 609 g/mol. The summed E-state index contributed by atoms with van der Waals surface area (Å²) in [6.45, 7) is 16.9. The Morgan fingerprint density at radius 3 is 2.67 bits per heavy atom. The maximum Gasteiger partial charge on any atom is 0.318 e. The van der Waals surface area contributed by atoms with Crippen LogP contribution < -0.4 is 14.5 Å². The second kappa shape index (κ2) is 13.0. The summed E-state index contributed by atoms with van der Waals surface area (Å²) in [5, 5.41) is 2.76. The molecule has 6 rings (SSSR count). The highest BCUT2D eigenvalue weighted by Gasteiger charge is 2.41. The Morgan fingerprint density at radius 2 is 2.00 bits per heavy atom. The van der Waals surface area contributed by atoms with Crippen LogP contribution in [0.3, 0.4) is 0 Å². The third-order valence-corrected chi connectivity index (χ3v) is 9.41. The second-order valence-electron chi connectivity index (χ2n) is 12.9. The molecular formula is C34H39ClFN7O3. The minimum atomic E-state index is -1.02. The summed E-state index contributed by atoms with van der Waals surface area (Å²) in [6.07, 6.45) is 0.665. The van der Waals surface area contributed by atoms with Crippen LogP contribution in [-0.4, -0.2) is 104 Å². The van der Waals surface area contributed by atoms with Crippen molar-refractivity contribution in [1.29, 1.82) is 0 Å². The molecule has 2 atom stereocenters. The molecule has 2 aromatic carbocycles. The maximum absolute atomic E-state index is 13.9. The molecule has 0 radical (unpaired) electrons. The summed E-state index contributed by atoms with van der Waals surface area (Å²) < 4.78 is 25.8. The molecule has 46 heavy (non-hydrogen) atoms. The minimum Gasteiger partial charge on any atom is -0.463 e. The van der Waals surface area contributed by atoms with Gasteiger partial charge in [0.2, 0.25) is 6.54 Å². The van der Waals surface area contributed by atoms with Gasteiger partial charge in [-0.1, -0.05) is 42.4 Å². The van der Waals surface area contributed by atoms with Gasteiger partial charge in [-0.2, -0.15) is 9.97 Å². The molecule has 1 amide bonds. The van der Waals surface area contributed by atoms with Gasteiger partial charge in [-0.05, 0) is 45.0 Å². The molecule has 3 aromatic rings. The molecule has 3 aliphatic heterocycles. The van der Waals surface area contributed by atoms with E-state index in [0.717, 1.165) is 40.1 Å². The van der Waals surface area contributed by atoms with Crippen molar-refractivity contribution >= 4 is 39.8 Å². The van der Waals surface area contributed by atoms with Crippen molar-refractivity contribution in [3.63, 3.8) is 0 Å². The van der Waals surface area contributed by atoms with E-state index in [9.17, 15) is 9.18 Å². The third kappa shape index (κ3) is 6.21. The van der Waals surface area contributed by atoms with Crippen molar-refractivity contribution in [2.75, 3.05) is 76.4 Å². The van der Waals surface area contributed by atoms with Gasteiger partial charge in [0.15, 0.2) is 5.83 Å². The number of hydrogen-bond donors (Lipinski definition) is 0. The zero-order chi connectivity index (χ0) is 32.6. The zero-order valence-corrected chi connectivity index (χ0v) is 27.3. The summed E-state index contributed by atoms with van der Waals surface area (Å²) >= 11 is 6.74. The van der Waals surface area contributed by atoms with E-state index in [0.29, 0.717) is 50.9 Å². The molecule has 1 aromatic heterocycles. The number of hydrogen-bond acceptors (Lipinski definition) is 8. The van der Waals surface area contributed by atoms with Crippen LogP contribution >= 0.6 is 11.6 Å². The van der Waals surface area contributed by atoms with E-state index in [2.05, 4.69) is 51.2 Å². The number of carbonyl (C=O) groups excluding carboxylic acids is 1. The van der Waals surface area contributed by atoms with E-state index in [1.54, 1.807) is 0 Å². The predicted molar refractivity (Wildman–Crippen MR) is 177 cm³/mol. The number of amides is 1. The predicted octanol–water partition coefficient (Wildman–Crippen LogP) is 4.61. The first-order chi connectivity index (χ1) is 22.1. The van der Waals surface area contributed by atoms with Gasteiger partial charge in [0.25, 0.3) is 5.91 Å². The lowest BCUT2D eigenvalue weighted by Gasteiger charge is -2.43. The van der Waals surface area contributed by atoms with Gasteiger partial charge in [-0.25, -0.2) is 11.0 Å². The van der Waals surface area contributed by atoms with Crippen LogP contribution in [0.5, 0.6) is 6.01 Å². The number of benzene rings is 2. The van der Waals surface area contributed by atoms with Crippen LogP contribution in [0.2, 0.25) is 5.02 Å².